The number of hydrogen-bond donors (Lipinski definition) is 8. The molecule has 0 saturated carbocycles. The molecule has 0 aromatic heterocycles. The van der Waals surface area contributed by atoms with Crippen molar-refractivity contribution in [2.75, 3.05) is 66.0 Å². The maximum Gasteiger partial charge on any atom is 0.397 e. The number of amides is 2. The summed E-state index contributed by atoms with van der Waals surface area (Å²) in [6.07, 6.45) is -25.8. The predicted molar refractivity (Wildman–Crippen MR) is 195 cm³/mol. The van der Waals surface area contributed by atoms with Crippen LogP contribution in [0, 0.1) is 0 Å². The van der Waals surface area contributed by atoms with E-state index in [4.69, 9.17) is 48.2 Å². The predicted octanol–water partition coefficient (Wildman–Crippen LogP) is -4.03. The molecule has 27 heteroatoms. The van der Waals surface area contributed by atoms with Gasteiger partial charge in [-0.3, -0.25) is 19.0 Å². The van der Waals surface area contributed by atoms with Crippen molar-refractivity contribution >= 4 is 22.2 Å². The van der Waals surface area contributed by atoms with Gasteiger partial charge in [-0.1, -0.05) is 17.2 Å². The molecule has 1 aromatic carbocycles. The van der Waals surface area contributed by atoms with E-state index in [1.165, 1.54) is 31.2 Å². The number of fused-ring (bicyclic) bond motifs is 1. The van der Waals surface area contributed by atoms with Crippen LogP contribution >= 0.6 is 0 Å². The molecular weight excluding hydrogens is 848 g/mol. The Morgan fingerprint density at radius 3 is 1.82 bits per heavy atom. The van der Waals surface area contributed by atoms with E-state index < -0.39 is 127 Å². The highest BCUT2D eigenvalue weighted by Crippen LogP contribution is 2.38. The molecule has 26 nitrogen and oxygen atoms in total. The first-order valence-electron chi connectivity index (χ1n) is 19.0. The van der Waals surface area contributed by atoms with Crippen molar-refractivity contribution in [1.29, 1.82) is 0 Å². The maximum absolute atomic E-state index is 14.1. The van der Waals surface area contributed by atoms with Gasteiger partial charge in [0, 0.05) is 11.5 Å². The maximum atomic E-state index is 14.1. The molecular formula is C34H50N4O22S. The lowest BCUT2D eigenvalue weighted by atomic mass is 9.93. The number of rotatable bonds is 22. The van der Waals surface area contributed by atoms with Crippen molar-refractivity contribution in [2.24, 2.45) is 5.11 Å². The number of imide groups is 1. The summed E-state index contributed by atoms with van der Waals surface area (Å²) in [7, 11) is -5.24. The van der Waals surface area contributed by atoms with Crippen LogP contribution in [0.25, 0.3) is 10.4 Å². The zero-order valence-electron chi connectivity index (χ0n) is 32.5. The molecule has 5 rings (SSSR count). The number of benzene rings is 1. The van der Waals surface area contributed by atoms with Crippen LogP contribution in [0.2, 0.25) is 0 Å². The molecule has 0 unspecified atom stereocenters. The van der Waals surface area contributed by atoms with E-state index in [1.54, 1.807) is 0 Å². The van der Waals surface area contributed by atoms with Gasteiger partial charge in [-0.05, 0) is 24.6 Å². The minimum Gasteiger partial charge on any atom is -0.394 e. The Balaban J connectivity index is 1.47. The topological polar surface area (TPSA) is 374 Å². The van der Waals surface area contributed by atoms with E-state index in [9.17, 15) is 58.3 Å². The molecule has 61 heavy (non-hydrogen) atoms. The van der Waals surface area contributed by atoms with Gasteiger partial charge in [-0.15, -0.1) is 0 Å². The van der Waals surface area contributed by atoms with Crippen LogP contribution in [0.5, 0.6) is 0 Å². The van der Waals surface area contributed by atoms with E-state index in [0.29, 0.717) is 4.90 Å². The van der Waals surface area contributed by atoms with Gasteiger partial charge in [0.2, 0.25) is 0 Å². The van der Waals surface area contributed by atoms with Crippen LogP contribution in [0.3, 0.4) is 0 Å². The standard InChI is InChI=1S/C34H50N4O22S/c1-16-22(40)24(42)26(44)33(56-16)60-29-21(38-30(46)17-4-2-3-5-18(17)31(38)47)32(54-13-12-53-11-10-52-9-8-51-7-6-36-37-35)58-20(15-55-61(48,49)50)28(29)59-34-27(45)25(43)23(41)19(14-39)57-34/h2-5,16,19-29,32-34,39-45H,6-15H2,1H3,(H,48,49,50)/t16-,19+,20+,21+,22+,23-,24+,25-,26-,27+,28+,29+,32+,33-,34-/m0/s1. The normalized spacial score (nSPS) is 35.6. The van der Waals surface area contributed by atoms with Gasteiger partial charge in [0.1, 0.15) is 67.1 Å². The van der Waals surface area contributed by atoms with Gasteiger partial charge >= 0.3 is 10.4 Å². The minimum absolute atomic E-state index is 0.0459. The van der Waals surface area contributed by atoms with Crippen LogP contribution < -0.4 is 0 Å². The van der Waals surface area contributed by atoms with E-state index in [2.05, 4.69) is 14.2 Å². The molecule has 15 atom stereocenters. The number of azide groups is 1. The molecule has 4 heterocycles. The van der Waals surface area contributed by atoms with E-state index >= 15 is 0 Å². The van der Waals surface area contributed by atoms with Gasteiger partial charge < -0.3 is 78.4 Å². The fourth-order valence-electron chi connectivity index (χ4n) is 6.92. The largest absolute Gasteiger partial charge is 0.397 e. The lowest BCUT2D eigenvalue weighted by Crippen LogP contribution is -2.70. The highest BCUT2D eigenvalue weighted by Gasteiger charge is 2.59. The molecule has 344 valence electrons. The number of aliphatic hydroxyl groups is 7. The van der Waals surface area contributed by atoms with Crippen molar-refractivity contribution in [3.8, 4) is 0 Å². The van der Waals surface area contributed by atoms with Crippen LogP contribution in [0.1, 0.15) is 27.6 Å². The molecule has 2 amide bonds. The van der Waals surface area contributed by atoms with Crippen LogP contribution in [0.15, 0.2) is 29.4 Å². The Hall–Kier alpha value is -3.10. The zero-order valence-corrected chi connectivity index (χ0v) is 33.3. The third kappa shape index (κ3) is 12.1. The number of nitrogens with zero attached hydrogens (tertiary/aromatic N) is 4. The highest BCUT2D eigenvalue weighted by molar-refractivity contribution is 7.80. The summed E-state index contributed by atoms with van der Waals surface area (Å²) in [5.74, 6) is -1.83. The molecule has 3 fully saturated rings. The van der Waals surface area contributed by atoms with Gasteiger partial charge in [-0.2, -0.15) is 8.42 Å². The lowest BCUT2D eigenvalue weighted by Gasteiger charge is -2.51. The Morgan fingerprint density at radius 2 is 1.25 bits per heavy atom. The monoisotopic (exact) mass is 898 g/mol. The van der Waals surface area contributed by atoms with Crippen molar-refractivity contribution in [3.05, 3.63) is 45.8 Å². The van der Waals surface area contributed by atoms with E-state index in [1.807, 2.05) is 0 Å². The molecule has 0 radical (unpaired) electrons. The summed E-state index contributed by atoms with van der Waals surface area (Å²) >= 11 is 0. The summed E-state index contributed by atoms with van der Waals surface area (Å²) in [5.41, 5.74) is 8.16. The van der Waals surface area contributed by atoms with E-state index in [-0.39, 0.29) is 63.9 Å². The smallest absolute Gasteiger partial charge is 0.394 e. The van der Waals surface area contributed by atoms with E-state index in [0.717, 1.165) is 0 Å². The number of ether oxygens (including phenoxy) is 9. The first-order valence-corrected chi connectivity index (χ1v) is 20.4. The first-order chi connectivity index (χ1) is 29.1. The van der Waals surface area contributed by atoms with Gasteiger partial charge in [-0.25, -0.2) is 4.18 Å². The Labute approximate surface area is 347 Å². The van der Waals surface area contributed by atoms with Crippen LogP contribution in [0.4, 0.5) is 0 Å². The second-order valence-corrected chi connectivity index (χ2v) is 15.1. The molecule has 4 aliphatic rings. The zero-order chi connectivity index (χ0) is 44.4. The lowest BCUT2D eigenvalue weighted by molar-refractivity contribution is -0.376. The summed E-state index contributed by atoms with van der Waals surface area (Å²) in [6.45, 7) is -0.295. The second-order valence-electron chi connectivity index (χ2n) is 14.0. The third-order valence-electron chi connectivity index (χ3n) is 10.0. The molecule has 1 aromatic rings. The molecule has 0 aliphatic carbocycles. The summed E-state index contributed by atoms with van der Waals surface area (Å²) in [4.78, 5) is 31.5. The van der Waals surface area contributed by atoms with Crippen LogP contribution in [-0.4, -0.2) is 223 Å². The average Bonchev–Trinajstić information content (AvgIpc) is 3.48. The Kier molecular flexibility index (Phi) is 18.0. The fourth-order valence-corrected chi connectivity index (χ4v) is 7.22. The van der Waals surface area contributed by atoms with Crippen LogP contribution in [-0.2, 0) is 57.2 Å². The number of carbonyl (C=O) groups is 2. The highest BCUT2D eigenvalue weighted by atomic mass is 32.3. The van der Waals surface area contributed by atoms with Crippen molar-refractivity contribution in [1.82, 2.24) is 4.90 Å². The summed E-state index contributed by atoms with van der Waals surface area (Å²) < 4.78 is 89.8. The molecule has 0 spiro atoms. The van der Waals surface area contributed by atoms with Gasteiger partial charge in [0.05, 0.1) is 76.7 Å². The second kappa shape index (κ2) is 22.5. The van der Waals surface area contributed by atoms with Gasteiger partial charge in [0.25, 0.3) is 11.8 Å². The molecule has 3 saturated heterocycles. The first kappa shape index (κ1) is 48.9. The van der Waals surface area contributed by atoms with Crippen molar-refractivity contribution in [2.45, 2.75) is 99.0 Å². The minimum atomic E-state index is -5.24. The van der Waals surface area contributed by atoms with Gasteiger partial charge in [0.15, 0.2) is 18.9 Å². The molecule has 8 N–H and O–H groups in total. The number of carbonyl (C=O) groups excluding carboxylic acids is 2. The number of hydrogen-bond acceptors (Lipinski definition) is 22. The fraction of sp³-hybridized carbons (Fsp3) is 0.765. The summed E-state index contributed by atoms with van der Waals surface area (Å²) in [5, 5.41) is 77.3. The van der Waals surface area contributed by atoms with Crippen molar-refractivity contribution in [3.63, 3.8) is 0 Å². The molecule has 0 bridgehead atoms. The summed E-state index contributed by atoms with van der Waals surface area (Å²) in [6, 6.07) is 3.87. The number of aliphatic hydroxyl groups excluding tert-OH is 7. The molecule has 4 aliphatic heterocycles. The SMILES string of the molecule is C[C@@H]1O[C@@H](O[C@H]2[C@H](O[C@@H]3O[C@H](CO)[C@H](O)[C@H](O)[C@H]3O)[C@@H](COS(=O)(=O)O)O[C@@H](OCCOCCOCCOCCN=[N+]=[N-])[C@@H]2N2C(=O)c3ccccc3C2=O)[C@@H](O)[C@H](O)[C@@H]1O. The quantitative estimate of drug-likeness (QED) is 0.0137. The third-order valence-corrected chi connectivity index (χ3v) is 10.4. The Morgan fingerprint density at radius 1 is 0.721 bits per heavy atom. The van der Waals surface area contributed by atoms with Crippen molar-refractivity contribution < 1.29 is 105 Å². The average molecular weight is 899 g/mol. The Bertz CT molecular complexity index is 1720.